The maximum absolute atomic E-state index is 12.1. The second-order valence-electron chi connectivity index (χ2n) is 4.98. The van der Waals surface area contributed by atoms with Gasteiger partial charge in [0.15, 0.2) is 0 Å². The summed E-state index contributed by atoms with van der Waals surface area (Å²) in [5, 5.41) is 23.2. The summed E-state index contributed by atoms with van der Waals surface area (Å²) in [4.78, 5) is 23.8. The van der Waals surface area contributed by atoms with E-state index in [0.717, 1.165) is 0 Å². The summed E-state index contributed by atoms with van der Waals surface area (Å²) in [6, 6.07) is 12.5. The van der Waals surface area contributed by atoms with Crippen LogP contribution in [0.5, 0.6) is 0 Å². The molecule has 0 aliphatic carbocycles. The van der Waals surface area contributed by atoms with Crippen LogP contribution in [0.2, 0.25) is 5.02 Å². The summed E-state index contributed by atoms with van der Waals surface area (Å²) in [5.41, 5.74) is 0.997. The zero-order valence-electron chi connectivity index (χ0n) is 12.7. The molecule has 0 aliphatic rings. The Morgan fingerprint density at radius 2 is 2.00 bits per heavy atom. The van der Waals surface area contributed by atoms with Gasteiger partial charge in [0.25, 0.3) is 5.69 Å². The summed E-state index contributed by atoms with van der Waals surface area (Å²) in [6.45, 7) is -0.0187. The molecule has 122 valence electrons. The summed E-state index contributed by atoms with van der Waals surface area (Å²) in [5.74, 6) is -0.290. The van der Waals surface area contributed by atoms with Crippen LogP contribution in [0, 0.1) is 21.4 Å². The Balaban J connectivity index is 2.10. The van der Waals surface area contributed by atoms with Crippen LogP contribution in [-0.4, -0.2) is 24.4 Å². The van der Waals surface area contributed by atoms with Gasteiger partial charge in [0.1, 0.15) is 6.07 Å². The van der Waals surface area contributed by atoms with Crippen LogP contribution in [0.15, 0.2) is 42.5 Å². The van der Waals surface area contributed by atoms with Crippen LogP contribution in [0.3, 0.4) is 0 Å². The van der Waals surface area contributed by atoms with Crippen molar-refractivity contribution < 1.29 is 9.72 Å². The minimum Gasteiger partial charge on any atom is -0.364 e. The van der Waals surface area contributed by atoms with Gasteiger partial charge in [0.2, 0.25) is 5.91 Å². The van der Waals surface area contributed by atoms with Gasteiger partial charge in [0, 0.05) is 29.9 Å². The van der Waals surface area contributed by atoms with Crippen LogP contribution >= 0.6 is 11.6 Å². The van der Waals surface area contributed by atoms with Crippen molar-refractivity contribution in [1.82, 2.24) is 0 Å². The molecule has 0 spiro atoms. The fourth-order valence-corrected chi connectivity index (χ4v) is 2.22. The molecule has 0 bridgehead atoms. The van der Waals surface area contributed by atoms with Crippen LogP contribution in [0.25, 0.3) is 0 Å². The van der Waals surface area contributed by atoms with Crippen molar-refractivity contribution in [3.05, 3.63) is 63.2 Å². The number of halogens is 1. The van der Waals surface area contributed by atoms with Gasteiger partial charge in [0.05, 0.1) is 22.7 Å². The first kappa shape index (κ1) is 17.2. The average Bonchev–Trinajstić information content (AvgIpc) is 2.56. The predicted octanol–water partition coefficient (Wildman–Crippen LogP) is 3.19. The van der Waals surface area contributed by atoms with E-state index in [1.54, 1.807) is 36.2 Å². The van der Waals surface area contributed by atoms with Crippen molar-refractivity contribution in [3.63, 3.8) is 0 Å². The molecule has 0 atom stereocenters. The highest BCUT2D eigenvalue weighted by Gasteiger charge is 2.15. The van der Waals surface area contributed by atoms with Gasteiger partial charge in [-0.15, -0.1) is 0 Å². The molecule has 0 aromatic heterocycles. The van der Waals surface area contributed by atoms with E-state index >= 15 is 0 Å². The van der Waals surface area contributed by atoms with Crippen molar-refractivity contribution in [2.24, 2.45) is 0 Å². The van der Waals surface area contributed by atoms with Crippen molar-refractivity contribution >= 4 is 34.6 Å². The fraction of sp³-hybridized carbons (Fsp3) is 0.125. The second kappa shape index (κ2) is 7.44. The van der Waals surface area contributed by atoms with Crippen molar-refractivity contribution in [2.45, 2.75) is 0 Å². The van der Waals surface area contributed by atoms with Crippen molar-refractivity contribution in [3.8, 4) is 6.07 Å². The van der Waals surface area contributed by atoms with E-state index in [0.29, 0.717) is 16.4 Å². The molecule has 0 aliphatic heterocycles. The Morgan fingerprint density at radius 3 is 2.58 bits per heavy atom. The van der Waals surface area contributed by atoms with Gasteiger partial charge in [-0.25, -0.2) is 0 Å². The van der Waals surface area contributed by atoms with Gasteiger partial charge in [-0.3, -0.25) is 14.9 Å². The number of anilines is 2. The topological polar surface area (TPSA) is 99.3 Å². The molecule has 0 radical (unpaired) electrons. The molecule has 0 fully saturated rings. The highest BCUT2D eigenvalue weighted by Crippen LogP contribution is 2.24. The van der Waals surface area contributed by atoms with E-state index in [1.807, 2.05) is 6.07 Å². The number of nitro groups is 1. The number of non-ortho nitro benzene ring substituents is 1. The molecule has 2 aromatic rings. The number of nitrogens with one attached hydrogen (secondary N) is 1. The number of hydrogen-bond acceptors (Lipinski definition) is 5. The van der Waals surface area contributed by atoms with E-state index in [-0.39, 0.29) is 23.7 Å². The van der Waals surface area contributed by atoms with E-state index in [4.69, 9.17) is 16.9 Å². The third-order valence-corrected chi connectivity index (χ3v) is 3.48. The SMILES string of the molecule is CN(CC(=O)Nc1ccc(Cl)cc1)c1ccc([N+](=O)[O-])cc1C#N. The van der Waals surface area contributed by atoms with E-state index in [9.17, 15) is 14.9 Å². The summed E-state index contributed by atoms with van der Waals surface area (Å²) < 4.78 is 0. The number of benzene rings is 2. The van der Waals surface area contributed by atoms with Crippen LogP contribution < -0.4 is 10.2 Å². The lowest BCUT2D eigenvalue weighted by molar-refractivity contribution is -0.384. The summed E-state index contributed by atoms with van der Waals surface area (Å²) >= 11 is 5.78. The van der Waals surface area contributed by atoms with E-state index in [2.05, 4.69) is 5.32 Å². The monoisotopic (exact) mass is 344 g/mol. The average molecular weight is 345 g/mol. The van der Waals surface area contributed by atoms with Gasteiger partial charge >= 0.3 is 0 Å². The molecule has 1 N–H and O–H groups in total. The quantitative estimate of drug-likeness (QED) is 0.663. The lowest BCUT2D eigenvalue weighted by Gasteiger charge is -2.19. The lowest BCUT2D eigenvalue weighted by atomic mass is 10.1. The maximum Gasteiger partial charge on any atom is 0.270 e. The Hall–Kier alpha value is -3.11. The minimum absolute atomic E-state index is 0.0187. The number of likely N-dealkylation sites (N-methyl/N-ethyl adjacent to an activating group) is 1. The molecular weight excluding hydrogens is 332 g/mol. The molecule has 24 heavy (non-hydrogen) atoms. The Kier molecular flexibility index (Phi) is 5.35. The van der Waals surface area contributed by atoms with Crippen LogP contribution in [0.4, 0.5) is 17.1 Å². The number of nitriles is 1. The van der Waals surface area contributed by atoms with Gasteiger partial charge < -0.3 is 10.2 Å². The number of carbonyl (C=O) groups excluding carboxylic acids is 1. The van der Waals surface area contributed by atoms with E-state index < -0.39 is 4.92 Å². The smallest absolute Gasteiger partial charge is 0.270 e. The minimum atomic E-state index is -0.572. The van der Waals surface area contributed by atoms with Crippen LogP contribution in [-0.2, 0) is 4.79 Å². The molecule has 2 rings (SSSR count). The first-order valence-corrected chi connectivity index (χ1v) is 7.23. The van der Waals surface area contributed by atoms with Gasteiger partial charge in [-0.05, 0) is 30.3 Å². The number of hydrogen-bond donors (Lipinski definition) is 1. The highest BCUT2D eigenvalue weighted by molar-refractivity contribution is 6.30. The third-order valence-electron chi connectivity index (χ3n) is 3.23. The zero-order valence-corrected chi connectivity index (χ0v) is 13.4. The van der Waals surface area contributed by atoms with Crippen LogP contribution in [0.1, 0.15) is 5.56 Å². The second-order valence-corrected chi connectivity index (χ2v) is 5.42. The number of rotatable bonds is 5. The van der Waals surface area contributed by atoms with E-state index in [1.165, 1.54) is 18.2 Å². The standard InChI is InChI=1S/C16H13ClN4O3/c1-20(10-16(22)19-13-4-2-12(17)3-5-13)15-7-6-14(21(23)24)8-11(15)9-18/h2-8H,10H2,1H3,(H,19,22). The first-order valence-electron chi connectivity index (χ1n) is 6.86. The maximum atomic E-state index is 12.1. The third kappa shape index (κ3) is 4.21. The highest BCUT2D eigenvalue weighted by atomic mass is 35.5. The normalized spacial score (nSPS) is 9.88. The first-order chi connectivity index (χ1) is 11.4. The summed E-state index contributed by atoms with van der Waals surface area (Å²) in [7, 11) is 1.63. The molecule has 2 aromatic carbocycles. The van der Waals surface area contributed by atoms with Gasteiger partial charge in [-0.2, -0.15) is 5.26 Å². The van der Waals surface area contributed by atoms with Crippen molar-refractivity contribution in [1.29, 1.82) is 5.26 Å². The molecule has 0 saturated heterocycles. The summed E-state index contributed by atoms with van der Waals surface area (Å²) in [6.07, 6.45) is 0. The number of nitro benzene ring substituents is 1. The molecule has 1 amide bonds. The molecule has 8 heteroatoms. The number of amides is 1. The molecule has 0 heterocycles. The molecule has 0 unspecified atom stereocenters. The number of nitrogens with zero attached hydrogens (tertiary/aromatic N) is 3. The lowest BCUT2D eigenvalue weighted by Crippen LogP contribution is -2.30. The Labute approximate surface area is 143 Å². The number of carbonyl (C=O) groups is 1. The Bertz CT molecular complexity index is 815. The molecule has 0 saturated carbocycles. The molecular formula is C16H13ClN4O3. The fourth-order valence-electron chi connectivity index (χ4n) is 2.09. The predicted molar refractivity (Wildman–Crippen MR) is 91.2 cm³/mol. The van der Waals surface area contributed by atoms with Gasteiger partial charge in [-0.1, -0.05) is 11.6 Å². The molecule has 7 nitrogen and oxygen atoms in total. The van der Waals surface area contributed by atoms with Crippen molar-refractivity contribution in [2.75, 3.05) is 23.8 Å². The zero-order chi connectivity index (χ0) is 17.7. The largest absolute Gasteiger partial charge is 0.364 e. The Morgan fingerprint density at radius 1 is 1.33 bits per heavy atom.